The molecular weight excluding hydrogens is 188 g/mol. The zero-order valence-corrected chi connectivity index (χ0v) is 10.0. The number of hydrogen-bond acceptors (Lipinski definition) is 3. The number of aromatic nitrogens is 2. The fraction of sp³-hybridized carbons (Fsp3) is 0.727. The van der Waals surface area contributed by atoms with Gasteiger partial charge in [0, 0.05) is 13.2 Å². The standard InChI is InChI=1S/C11H22N4/c1-14(2)8-4-6-12-7-5-11-9-13-15(3)10-11/h9-10,12H,4-8H2,1-3H3. The van der Waals surface area contributed by atoms with Crippen molar-refractivity contribution in [2.45, 2.75) is 12.8 Å². The lowest BCUT2D eigenvalue weighted by molar-refractivity contribution is 0.395. The van der Waals surface area contributed by atoms with Crippen LogP contribution in [0.1, 0.15) is 12.0 Å². The topological polar surface area (TPSA) is 33.1 Å². The maximum Gasteiger partial charge on any atom is 0.0522 e. The van der Waals surface area contributed by atoms with Crippen LogP contribution in [-0.4, -0.2) is 48.4 Å². The van der Waals surface area contributed by atoms with Crippen molar-refractivity contribution in [1.82, 2.24) is 20.0 Å². The van der Waals surface area contributed by atoms with Crippen LogP contribution in [0.25, 0.3) is 0 Å². The van der Waals surface area contributed by atoms with Gasteiger partial charge in [0.2, 0.25) is 0 Å². The summed E-state index contributed by atoms with van der Waals surface area (Å²) in [7, 11) is 6.17. The first-order valence-corrected chi connectivity index (χ1v) is 5.51. The summed E-state index contributed by atoms with van der Waals surface area (Å²) in [5.41, 5.74) is 1.30. The fourth-order valence-corrected chi connectivity index (χ4v) is 1.48. The van der Waals surface area contributed by atoms with E-state index < -0.39 is 0 Å². The highest BCUT2D eigenvalue weighted by Gasteiger charge is 1.95. The SMILES string of the molecule is CN(C)CCCNCCc1cnn(C)c1. The van der Waals surface area contributed by atoms with Crippen LogP contribution in [0, 0.1) is 0 Å². The van der Waals surface area contributed by atoms with Gasteiger partial charge in [-0.05, 0) is 52.1 Å². The molecule has 0 saturated heterocycles. The summed E-state index contributed by atoms with van der Waals surface area (Å²) in [5.74, 6) is 0. The minimum absolute atomic E-state index is 1.04. The Bertz CT molecular complexity index is 267. The second-order valence-corrected chi connectivity index (χ2v) is 4.18. The van der Waals surface area contributed by atoms with Gasteiger partial charge in [0.25, 0.3) is 0 Å². The van der Waals surface area contributed by atoms with Crippen molar-refractivity contribution >= 4 is 0 Å². The minimum atomic E-state index is 1.04. The number of aryl methyl sites for hydroxylation is 1. The van der Waals surface area contributed by atoms with E-state index >= 15 is 0 Å². The van der Waals surface area contributed by atoms with Crippen molar-refractivity contribution in [2.24, 2.45) is 7.05 Å². The summed E-state index contributed by atoms with van der Waals surface area (Å²) in [5, 5.41) is 7.57. The Morgan fingerprint density at radius 3 is 2.80 bits per heavy atom. The molecule has 1 aromatic heterocycles. The van der Waals surface area contributed by atoms with Crippen molar-refractivity contribution in [2.75, 3.05) is 33.7 Å². The summed E-state index contributed by atoms with van der Waals surface area (Å²) in [6.45, 7) is 3.29. The van der Waals surface area contributed by atoms with Gasteiger partial charge in [-0.25, -0.2) is 0 Å². The van der Waals surface area contributed by atoms with E-state index in [9.17, 15) is 0 Å². The van der Waals surface area contributed by atoms with E-state index in [1.54, 1.807) is 0 Å². The largest absolute Gasteiger partial charge is 0.316 e. The Kier molecular flexibility index (Phi) is 5.36. The molecule has 0 spiro atoms. The minimum Gasteiger partial charge on any atom is -0.316 e. The molecule has 1 rings (SSSR count). The Morgan fingerprint density at radius 1 is 1.40 bits per heavy atom. The maximum absolute atomic E-state index is 4.14. The van der Waals surface area contributed by atoms with Crippen LogP contribution < -0.4 is 5.32 Å². The number of hydrogen-bond donors (Lipinski definition) is 1. The average molecular weight is 210 g/mol. The highest BCUT2D eigenvalue weighted by molar-refractivity contribution is 5.03. The molecule has 0 fully saturated rings. The Labute approximate surface area is 92.3 Å². The predicted molar refractivity (Wildman–Crippen MR) is 63.0 cm³/mol. The second kappa shape index (κ2) is 6.58. The third-order valence-electron chi connectivity index (χ3n) is 2.31. The molecule has 0 aliphatic carbocycles. The van der Waals surface area contributed by atoms with Gasteiger partial charge in [0.1, 0.15) is 0 Å². The van der Waals surface area contributed by atoms with E-state index in [1.807, 2.05) is 17.9 Å². The van der Waals surface area contributed by atoms with Gasteiger partial charge in [-0.2, -0.15) is 5.10 Å². The van der Waals surface area contributed by atoms with E-state index in [0.717, 1.165) is 26.1 Å². The lowest BCUT2D eigenvalue weighted by Gasteiger charge is -2.09. The van der Waals surface area contributed by atoms with Gasteiger partial charge < -0.3 is 10.2 Å². The van der Waals surface area contributed by atoms with Gasteiger partial charge >= 0.3 is 0 Å². The Morgan fingerprint density at radius 2 is 2.20 bits per heavy atom. The monoisotopic (exact) mass is 210 g/mol. The molecule has 1 N–H and O–H groups in total. The lowest BCUT2D eigenvalue weighted by Crippen LogP contribution is -2.22. The van der Waals surface area contributed by atoms with Crippen LogP contribution in [0.15, 0.2) is 12.4 Å². The molecule has 0 unspecified atom stereocenters. The van der Waals surface area contributed by atoms with Gasteiger partial charge in [0.15, 0.2) is 0 Å². The molecule has 86 valence electrons. The summed E-state index contributed by atoms with van der Waals surface area (Å²) in [6, 6.07) is 0. The molecule has 15 heavy (non-hydrogen) atoms. The van der Waals surface area contributed by atoms with Gasteiger partial charge in [0.05, 0.1) is 6.20 Å². The van der Waals surface area contributed by atoms with Crippen LogP contribution in [0.4, 0.5) is 0 Å². The molecule has 0 radical (unpaired) electrons. The summed E-state index contributed by atoms with van der Waals surface area (Å²) >= 11 is 0. The van der Waals surface area contributed by atoms with Crippen LogP contribution >= 0.6 is 0 Å². The average Bonchev–Trinajstić information content (AvgIpc) is 2.57. The number of nitrogens with zero attached hydrogens (tertiary/aromatic N) is 3. The van der Waals surface area contributed by atoms with E-state index in [4.69, 9.17) is 0 Å². The van der Waals surface area contributed by atoms with Crippen molar-refractivity contribution in [3.05, 3.63) is 18.0 Å². The van der Waals surface area contributed by atoms with E-state index in [-0.39, 0.29) is 0 Å². The highest BCUT2D eigenvalue weighted by Crippen LogP contribution is 1.95. The van der Waals surface area contributed by atoms with E-state index in [0.29, 0.717) is 0 Å². The molecule has 4 nitrogen and oxygen atoms in total. The molecule has 1 heterocycles. The van der Waals surface area contributed by atoms with E-state index in [2.05, 4.69) is 35.6 Å². The van der Waals surface area contributed by atoms with Crippen LogP contribution in [0.3, 0.4) is 0 Å². The number of rotatable bonds is 7. The smallest absolute Gasteiger partial charge is 0.0522 e. The molecule has 0 aliphatic heterocycles. The summed E-state index contributed by atoms with van der Waals surface area (Å²) < 4.78 is 1.85. The molecule has 0 aliphatic rings. The van der Waals surface area contributed by atoms with Crippen molar-refractivity contribution in [3.8, 4) is 0 Å². The van der Waals surface area contributed by atoms with Gasteiger partial charge in [-0.1, -0.05) is 0 Å². The van der Waals surface area contributed by atoms with Crippen LogP contribution in [-0.2, 0) is 13.5 Å². The molecule has 1 aromatic rings. The Balaban J connectivity index is 1.98. The molecule has 4 heteroatoms. The molecule has 0 aromatic carbocycles. The second-order valence-electron chi connectivity index (χ2n) is 4.18. The van der Waals surface area contributed by atoms with Crippen LogP contribution in [0.2, 0.25) is 0 Å². The zero-order chi connectivity index (χ0) is 11.1. The van der Waals surface area contributed by atoms with Crippen LogP contribution in [0.5, 0.6) is 0 Å². The van der Waals surface area contributed by atoms with Crippen molar-refractivity contribution in [1.29, 1.82) is 0 Å². The Hall–Kier alpha value is -0.870. The van der Waals surface area contributed by atoms with Crippen molar-refractivity contribution in [3.63, 3.8) is 0 Å². The quantitative estimate of drug-likeness (QED) is 0.665. The first-order valence-electron chi connectivity index (χ1n) is 5.51. The molecule has 0 saturated carbocycles. The zero-order valence-electron chi connectivity index (χ0n) is 10.0. The van der Waals surface area contributed by atoms with E-state index in [1.165, 1.54) is 12.0 Å². The molecule has 0 atom stereocenters. The molecule has 0 bridgehead atoms. The van der Waals surface area contributed by atoms with Crippen molar-refractivity contribution < 1.29 is 0 Å². The fourth-order valence-electron chi connectivity index (χ4n) is 1.48. The maximum atomic E-state index is 4.14. The third kappa shape index (κ3) is 5.54. The lowest BCUT2D eigenvalue weighted by atomic mass is 10.2. The van der Waals surface area contributed by atoms with Gasteiger partial charge in [-0.15, -0.1) is 0 Å². The predicted octanol–water partition coefficient (Wildman–Crippen LogP) is 0.504. The number of nitrogens with one attached hydrogen (secondary N) is 1. The first kappa shape index (κ1) is 12.2. The molecular formula is C11H22N4. The summed E-state index contributed by atoms with van der Waals surface area (Å²) in [4.78, 5) is 2.21. The van der Waals surface area contributed by atoms with Gasteiger partial charge in [-0.3, -0.25) is 4.68 Å². The molecule has 0 amide bonds. The summed E-state index contributed by atoms with van der Waals surface area (Å²) in [6.07, 6.45) is 6.28. The third-order valence-corrected chi connectivity index (χ3v) is 2.31. The first-order chi connectivity index (χ1) is 7.18. The highest BCUT2D eigenvalue weighted by atomic mass is 15.2. The normalized spacial score (nSPS) is 11.2.